The smallest absolute Gasteiger partial charge is 0.344 e. The van der Waals surface area contributed by atoms with Gasteiger partial charge in [-0.3, -0.25) is 4.79 Å². The van der Waals surface area contributed by atoms with E-state index in [1.54, 1.807) is 24.3 Å². The monoisotopic (exact) mass is 322 g/mol. The van der Waals surface area contributed by atoms with Gasteiger partial charge in [0.15, 0.2) is 13.2 Å². The van der Waals surface area contributed by atoms with E-state index in [4.69, 9.17) is 21.1 Å². The molecule has 22 heavy (non-hydrogen) atoms. The summed E-state index contributed by atoms with van der Waals surface area (Å²) >= 11 is 5.71. The van der Waals surface area contributed by atoms with Crippen molar-refractivity contribution in [2.45, 2.75) is 0 Å². The molecule has 0 aromatic heterocycles. The van der Waals surface area contributed by atoms with E-state index in [9.17, 15) is 14.0 Å². The molecule has 0 unspecified atom stereocenters. The fourth-order valence-corrected chi connectivity index (χ4v) is 1.75. The normalized spacial score (nSPS) is 10.1. The predicted molar refractivity (Wildman–Crippen MR) is 78.6 cm³/mol. The molecule has 2 aromatic rings. The molecule has 0 fully saturated rings. The number of rotatable bonds is 6. The second-order valence-corrected chi connectivity index (χ2v) is 4.74. The SMILES string of the molecule is O=C(COc1ccc(Cl)cc1)OCC(=O)c1ccccc1F. The highest BCUT2D eigenvalue weighted by molar-refractivity contribution is 6.30. The van der Waals surface area contributed by atoms with E-state index in [1.165, 1.54) is 24.3 Å². The number of carbonyl (C=O) groups excluding carboxylic acids is 2. The summed E-state index contributed by atoms with van der Waals surface area (Å²) in [6.45, 7) is -0.893. The van der Waals surface area contributed by atoms with E-state index in [-0.39, 0.29) is 12.2 Å². The largest absolute Gasteiger partial charge is 0.482 e. The van der Waals surface area contributed by atoms with Crippen LogP contribution in [-0.2, 0) is 9.53 Å². The van der Waals surface area contributed by atoms with Crippen LogP contribution in [0.1, 0.15) is 10.4 Å². The Hall–Kier alpha value is -2.40. The second kappa shape index (κ2) is 7.56. The van der Waals surface area contributed by atoms with Crippen molar-refractivity contribution in [3.63, 3.8) is 0 Å². The van der Waals surface area contributed by atoms with Crippen molar-refractivity contribution in [1.82, 2.24) is 0 Å². The summed E-state index contributed by atoms with van der Waals surface area (Å²) in [5, 5.41) is 0.547. The molecule has 0 N–H and O–H groups in total. The van der Waals surface area contributed by atoms with Gasteiger partial charge in [0.2, 0.25) is 5.78 Å². The zero-order valence-electron chi connectivity index (χ0n) is 11.4. The number of hydrogen-bond donors (Lipinski definition) is 0. The highest BCUT2D eigenvalue weighted by atomic mass is 35.5. The molecule has 0 saturated carbocycles. The lowest BCUT2D eigenvalue weighted by Crippen LogP contribution is -2.20. The summed E-state index contributed by atoms with van der Waals surface area (Å²) in [5.74, 6) is -1.54. The summed E-state index contributed by atoms with van der Waals surface area (Å²) in [5.41, 5.74) is -0.117. The Morgan fingerprint density at radius 2 is 1.68 bits per heavy atom. The zero-order valence-corrected chi connectivity index (χ0v) is 12.2. The number of ether oxygens (including phenoxy) is 2. The van der Waals surface area contributed by atoms with Crippen LogP contribution in [0.4, 0.5) is 4.39 Å². The predicted octanol–water partition coefficient (Wildman–Crippen LogP) is 3.28. The zero-order chi connectivity index (χ0) is 15.9. The molecule has 0 aliphatic rings. The Balaban J connectivity index is 1.79. The first kappa shape index (κ1) is 16.0. The van der Waals surface area contributed by atoms with Gasteiger partial charge in [0, 0.05) is 5.02 Å². The lowest BCUT2D eigenvalue weighted by atomic mass is 10.1. The summed E-state index contributed by atoms with van der Waals surface area (Å²) in [4.78, 5) is 23.2. The topological polar surface area (TPSA) is 52.6 Å². The van der Waals surface area contributed by atoms with Crippen molar-refractivity contribution < 1.29 is 23.5 Å². The molecular formula is C16H12ClFO4. The highest BCUT2D eigenvalue weighted by Gasteiger charge is 2.13. The van der Waals surface area contributed by atoms with Crippen molar-refractivity contribution in [3.8, 4) is 5.75 Å². The van der Waals surface area contributed by atoms with Gasteiger partial charge in [0.1, 0.15) is 11.6 Å². The van der Waals surface area contributed by atoms with Crippen LogP contribution < -0.4 is 4.74 Å². The van der Waals surface area contributed by atoms with Gasteiger partial charge >= 0.3 is 5.97 Å². The molecule has 0 radical (unpaired) electrons. The fourth-order valence-electron chi connectivity index (χ4n) is 1.63. The van der Waals surface area contributed by atoms with Gasteiger partial charge in [-0.2, -0.15) is 0 Å². The van der Waals surface area contributed by atoms with Crippen LogP contribution >= 0.6 is 11.6 Å². The van der Waals surface area contributed by atoms with Crippen molar-refractivity contribution in [2.75, 3.05) is 13.2 Å². The molecule has 0 spiro atoms. The number of benzene rings is 2. The van der Waals surface area contributed by atoms with Gasteiger partial charge < -0.3 is 9.47 Å². The average Bonchev–Trinajstić information content (AvgIpc) is 2.52. The molecule has 114 valence electrons. The van der Waals surface area contributed by atoms with Gasteiger partial charge in [-0.1, -0.05) is 23.7 Å². The number of ketones is 1. The van der Waals surface area contributed by atoms with Crippen LogP contribution in [0.3, 0.4) is 0 Å². The van der Waals surface area contributed by atoms with E-state index in [0.29, 0.717) is 10.8 Å². The molecular weight excluding hydrogens is 311 g/mol. The lowest BCUT2D eigenvalue weighted by molar-refractivity contribution is -0.144. The van der Waals surface area contributed by atoms with E-state index in [1.807, 2.05) is 0 Å². The van der Waals surface area contributed by atoms with Crippen molar-refractivity contribution in [1.29, 1.82) is 0 Å². The fraction of sp³-hybridized carbons (Fsp3) is 0.125. The number of halogens is 2. The molecule has 0 atom stereocenters. The first-order valence-corrected chi connectivity index (χ1v) is 6.76. The molecule has 2 aromatic carbocycles. The molecule has 4 nitrogen and oxygen atoms in total. The third kappa shape index (κ3) is 4.56. The third-order valence-electron chi connectivity index (χ3n) is 2.71. The highest BCUT2D eigenvalue weighted by Crippen LogP contribution is 2.15. The van der Waals surface area contributed by atoms with Crippen LogP contribution in [0, 0.1) is 5.82 Å². The summed E-state index contributed by atoms with van der Waals surface area (Å²) < 4.78 is 23.3. The molecule has 6 heteroatoms. The molecule has 0 saturated heterocycles. The Labute approximate surface area is 131 Å². The Morgan fingerprint density at radius 3 is 2.36 bits per heavy atom. The molecule has 0 aliphatic carbocycles. The molecule has 0 heterocycles. The Bertz CT molecular complexity index is 670. The van der Waals surface area contributed by atoms with Crippen LogP contribution in [0.2, 0.25) is 5.02 Å². The first-order chi connectivity index (χ1) is 10.6. The maximum Gasteiger partial charge on any atom is 0.344 e. The van der Waals surface area contributed by atoms with Gasteiger partial charge in [-0.15, -0.1) is 0 Å². The lowest BCUT2D eigenvalue weighted by Gasteiger charge is -2.07. The number of esters is 1. The van der Waals surface area contributed by atoms with Crippen molar-refractivity contribution in [3.05, 3.63) is 64.9 Å². The van der Waals surface area contributed by atoms with Crippen LogP contribution in [0.15, 0.2) is 48.5 Å². The van der Waals surface area contributed by atoms with Crippen molar-refractivity contribution >= 4 is 23.4 Å². The second-order valence-electron chi connectivity index (χ2n) is 4.31. The van der Waals surface area contributed by atoms with Gasteiger partial charge in [-0.05, 0) is 36.4 Å². The maximum absolute atomic E-state index is 13.4. The molecule has 0 bridgehead atoms. The van der Waals surface area contributed by atoms with E-state index < -0.39 is 24.2 Å². The Morgan fingerprint density at radius 1 is 1.00 bits per heavy atom. The molecule has 0 amide bonds. The maximum atomic E-state index is 13.4. The minimum atomic E-state index is -0.723. The summed E-state index contributed by atoms with van der Waals surface area (Å²) in [7, 11) is 0. The molecule has 2 rings (SSSR count). The third-order valence-corrected chi connectivity index (χ3v) is 2.96. The van der Waals surface area contributed by atoms with Gasteiger partial charge in [0.25, 0.3) is 0 Å². The number of carbonyl (C=O) groups is 2. The van der Waals surface area contributed by atoms with Crippen LogP contribution in [0.5, 0.6) is 5.75 Å². The summed E-state index contributed by atoms with van der Waals surface area (Å²) in [6, 6.07) is 11.9. The number of Topliss-reactive ketones (excluding diaryl/α,β-unsaturated/α-hetero) is 1. The standard InChI is InChI=1S/C16H12ClFO4/c17-11-5-7-12(8-6-11)21-10-16(20)22-9-15(19)13-3-1-2-4-14(13)18/h1-8H,9-10H2. The number of hydrogen-bond acceptors (Lipinski definition) is 4. The van der Waals surface area contributed by atoms with E-state index in [2.05, 4.69) is 0 Å². The van der Waals surface area contributed by atoms with Crippen LogP contribution in [0.25, 0.3) is 0 Å². The first-order valence-electron chi connectivity index (χ1n) is 6.38. The van der Waals surface area contributed by atoms with Gasteiger partial charge in [0.05, 0.1) is 5.56 Å². The average molecular weight is 323 g/mol. The Kier molecular flexibility index (Phi) is 5.49. The van der Waals surface area contributed by atoms with Crippen molar-refractivity contribution in [2.24, 2.45) is 0 Å². The van der Waals surface area contributed by atoms with Crippen LogP contribution in [-0.4, -0.2) is 25.0 Å². The quantitative estimate of drug-likeness (QED) is 0.605. The molecule has 0 aliphatic heterocycles. The minimum absolute atomic E-state index is 0.117. The van der Waals surface area contributed by atoms with E-state index in [0.717, 1.165) is 0 Å². The van der Waals surface area contributed by atoms with E-state index >= 15 is 0 Å². The minimum Gasteiger partial charge on any atom is -0.482 e. The summed E-state index contributed by atoms with van der Waals surface area (Å²) in [6.07, 6.45) is 0. The van der Waals surface area contributed by atoms with Gasteiger partial charge in [-0.25, -0.2) is 9.18 Å².